The van der Waals surface area contributed by atoms with Gasteiger partial charge in [0, 0.05) is 42.7 Å². The van der Waals surface area contributed by atoms with E-state index in [0.29, 0.717) is 25.0 Å². The van der Waals surface area contributed by atoms with Gasteiger partial charge < -0.3 is 14.4 Å². The molecule has 0 atom stereocenters. The first-order valence-electron chi connectivity index (χ1n) is 9.69. The second-order valence-electron chi connectivity index (χ2n) is 9.16. The van der Waals surface area contributed by atoms with Crippen molar-refractivity contribution < 1.29 is 9.59 Å². The molecule has 0 aliphatic carbocycles. The fourth-order valence-corrected chi connectivity index (χ4v) is 3.89. The van der Waals surface area contributed by atoms with Crippen LogP contribution in [-0.4, -0.2) is 51.4 Å². The van der Waals surface area contributed by atoms with Crippen molar-refractivity contribution in [3.05, 3.63) is 46.8 Å². The van der Waals surface area contributed by atoms with Crippen LogP contribution in [0.2, 0.25) is 0 Å². The highest BCUT2D eigenvalue weighted by Crippen LogP contribution is 2.26. The van der Waals surface area contributed by atoms with Gasteiger partial charge in [-0.15, -0.1) is 0 Å². The molecule has 0 bridgehead atoms. The second-order valence-corrected chi connectivity index (χ2v) is 9.16. The van der Waals surface area contributed by atoms with Crippen LogP contribution in [0.5, 0.6) is 0 Å². The Hall–Kier alpha value is -2.63. The Morgan fingerprint density at radius 2 is 1.75 bits per heavy atom. The molecule has 6 nitrogen and oxygen atoms in total. The van der Waals surface area contributed by atoms with E-state index in [1.165, 1.54) is 6.07 Å². The van der Waals surface area contributed by atoms with Crippen LogP contribution < -0.4 is 5.43 Å². The maximum atomic E-state index is 13.1. The van der Waals surface area contributed by atoms with Gasteiger partial charge in [-0.1, -0.05) is 32.9 Å². The largest absolute Gasteiger partial charge is 0.338 e. The van der Waals surface area contributed by atoms with E-state index in [4.69, 9.17) is 0 Å². The third kappa shape index (κ3) is 3.81. The number of benzene rings is 1. The lowest BCUT2D eigenvalue weighted by molar-refractivity contribution is -0.152. The molecule has 1 aromatic carbocycles. The minimum Gasteiger partial charge on any atom is -0.338 e. The highest BCUT2D eigenvalue weighted by Gasteiger charge is 2.40. The molecule has 0 N–H and O–H groups in total. The van der Waals surface area contributed by atoms with Crippen molar-refractivity contribution in [1.82, 2.24) is 14.4 Å². The van der Waals surface area contributed by atoms with Crippen LogP contribution in [0.15, 0.2) is 41.3 Å². The zero-order valence-electron chi connectivity index (χ0n) is 17.4. The number of fused-ring (bicyclic) bond motifs is 1. The summed E-state index contributed by atoms with van der Waals surface area (Å²) in [5, 5.41) is 0.609. The van der Waals surface area contributed by atoms with Crippen LogP contribution in [0, 0.1) is 5.41 Å². The molecule has 1 aliphatic rings. The van der Waals surface area contributed by atoms with Gasteiger partial charge in [0.1, 0.15) is 6.54 Å². The fraction of sp³-hybridized carbons (Fsp3) is 0.500. The Morgan fingerprint density at radius 3 is 2.39 bits per heavy atom. The minimum atomic E-state index is -0.453. The minimum absolute atomic E-state index is 0.0124. The highest BCUT2D eigenvalue weighted by atomic mass is 16.2. The maximum absolute atomic E-state index is 13.1. The van der Waals surface area contributed by atoms with Crippen molar-refractivity contribution in [3.8, 4) is 0 Å². The van der Waals surface area contributed by atoms with E-state index in [-0.39, 0.29) is 23.8 Å². The molecule has 2 aromatic rings. The lowest BCUT2D eigenvalue weighted by Gasteiger charge is -2.48. The number of hydrogen-bond donors (Lipinski definition) is 0. The molecule has 150 valence electrons. The monoisotopic (exact) mass is 383 g/mol. The average Bonchev–Trinajstić information content (AvgIpc) is 2.62. The summed E-state index contributed by atoms with van der Waals surface area (Å²) in [6.45, 7) is 11.5. The van der Waals surface area contributed by atoms with Crippen LogP contribution in [-0.2, 0) is 16.1 Å². The van der Waals surface area contributed by atoms with Crippen molar-refractivity contribution in [3.63, 3.8) is 0 Å². The summed E-state index contributed by atoms with van der Waals surface area (Å²) in [7, 11) is 0. The number of aromatic nitrogens is 1. The van der Waals surface area contributed by atoms with E-state index >= 15 is 0 Å². The molecule has 6 heteroatoms. The molecule has 1 saturated heterocycles. The number of para-hydroxylation sites is 1. The summed E-state index contributed by atoms with van der Waals surface area (Å²) in [4.78, 5) is 41.5. The number of carbonyl (C=O) groups excluding carboxylic acids is 2. The lowest BCUT2D eigenvalue weighted by Crippen LogP contribution is -2.63. The number of pyridine rings is 1. The summed E-state index contributed by atoms with van der Waals surface area (Å²) in [6, 6.07) is 8.82. The SMILES string of the molecule is CC(C)(C)C(=O)N1CCN(C(=O)Cn2ccc(=O)c3ccccc32)C(C)(C)C1. The normalized spacial score (nSPS) is 17.0. The number of rotatable bonds is 2. The van der Waals surface area contributed by atoms with Crippen LogP contribution in [0.3, 0.4) is 0 Å². The standard InChI is InChI=1S/C22H29N3O3/c1-21(2,3)20(28)24-12-13-25(22(4,5)15-24)19(27)14-23-11-10-18(26)16-8-6-7-9-17(16)23/h6-11H,12-15H2,1-5H3. The molecule has 28 heavy (non-hydrogen) atoms. The molecular weight excluding hydrogens is 354 g/mol. The molecular formula is C22H29N3O3. The zero-order chi connectivity index (χ0) is 20.7. The van der Waals surface area contributed by atoms with E-state index < -0.39 is 11.0 Å². The van der Waals surface area contributed by atoms with E-state index in [2.05, 4.69) is 0 Å². The molecule has 0 unspecified atom stereocenters. The summed E-state index contributed by atoms with van der Waals surface area (Å²) in [6.07, 6.45) is 1.68. The summed E-state index contributed by atoms with van der Waals surface area (Å²) < 4.78 is 1.82. The van der Waals surface area contributed by atoms with Gasteiger partial charge in [0.25, 0.3) is 0 Å². The smallest absolute Gasteiger partial charge is 0.243 e. The van der Waals surface area contributed by atoms with Crippen molar-refractivity contribution >= 4 is 22.7 Å². The van der Waals surface area contributed by atoms with Gasteiger partial charge in [-0.25, -0.2) is 0 Å². The van der Waals surface area contributed by atoms with Gasteiger partial charge in [-0.2, -0.15) is 0 Å². The quantitative estimate of drug-likeness (QED) is 0.800. The molecule has 3 rings (SSSR count). The predicted molar refractivity (Wildman–Crippen MR) is 110 cm³/mol. The van der Waals surface area contributed by atoms with Crippen molar-refractivity contribution in [2.24, 2.45) is 5.41 Å². The van der Waals surface area contributed by atoms with Gasteiger partial charge in [0.05, 0.1) is 11.1 Å². The van der Waals surface area contributed by atoms with Gasteiger partial charge in [0.15, 0.2) is 5.43 Å². The van der Waals surface area contributed by atoms with E-state index in [0.717, 1.165) is 5.52 Å². The lowest BCUT2D eigenvalue weighted by atomic mass is 9.91. The maximum Gasteiger partial charge on any atom is 0.243 e. The summed E-state index contributed by atoms with van der Waals surface area (Å²) >= 11 is 0. The van der Waals surface area contributed by atoms with Gasteiger partial charge in [-0.3, -0.25) is 14.4 Å². The van der Waals surface area contributed by atoms with Crippen LogP contribution >= 0.6 is 0 Å². The molecule has 0 radical (unpaired) electrons. The van der Waals surface area contributed by atoms with Crippen LogP contribution in [0.1, 0.15) is 34.6 Å². The Bertz CT molecular complexity index is 969. The molecule has 0 spiro atoms. The van der Waals surface area contributed by atoms with Crippen molar-refractivity contribution in [2.75, 3.05) is 19.6 Å². The number of nitrogens with zero attached hydrogens (tertiary/aromatic N) is 3. The predicted octanol–water partition coefficient (Wildman–Crippen LogP) is 2.50. The molecule has 2 amide bonds. The van der Waals surface area contributed by atoms with Crippen LogP contribution in [0.4, 0.5) is 0 Å². The molecule has 0 saturated carbocycles. The third-order valence-electron chi connectivity index (χ3n) is 5.32. The zero-order valence-corrected chi connectivity index (χ0v) is 17.4. The Kier molecular flexibility index (Phi) is 5.08. The van der Waals surface area contributed by atoms with Crippen LogP contribution in [0.25, 0.3) is 10.9 Å². The average molecular weight is 383 g/mol. The number of hydrogen-bond acceptors (Lipinski definition) is 3. The van der Waals surface area contributed by atoms with E-state index in [1.54, 1.807) is 12.3 Å². The molecule has 1 aliphatic heterocycles. The van der Waals surface area contributed by atoms with E-state index in [1.807, 2.05) is 67.2 Å². The van der Waals surface area contributed by atoms with Gasteiger partial charge in [-0.05, 0) is 26.0 Å². The Morgan fingerprint density at radius 1 is 1.07 bits per heavy atom. The number of piperazine rings is 1. The van der Waals surface area contributed by atoms with Crippen molar-refractivity contribution in [1.29, 1.82) is 0 Å². The van der Waals surface area contributed by atoms with Crippen molar-refractivity contribution in [2.45, 2.75) is 46.7 Å². The topological polar surface area (TPSA) is 62.6 Å². The first kappa shape index (κ1) is 20.1. The second kappa shape index (κ2) is 7.08. The first-order valence-corrected chi connectivity index (χ1v) is 9.69. The Balaban J connectivity index is 1.80. The highest BCUT2D eigenvalue weighted by molar-refractivity contribution is 5.84. The van der Waals surface area contributed by atoms with E-state index in [9.17, 15) is 14.4 Å². The summed E-state index contributed by atoms with van der Waals surface area (Å²) in [5.74, 6) is 0.0979. The van der Waals surface area contributed by atoms with Gasteiger partial charge in [0.2, 0.25) is 11.8 Å². The number of amides is 2. The Labute approximate surface area is 165 Å². The number of carbonyl (C=O) groups is 2. The molecule has 1 fully saturated rings. The third-order valence-corrected chi connectivity index (χ3v) is 5.32. The summed E-state index contributed by atoms with van der Waals surface area (Å²) in [5.41, 5.74) is -0.182. The van der Waals surface area contributed by atoms with Gasteiger partial charge >= 0.3 is 0 Å². The molecule has 2 heterocycles. The molecule has 1 aromatic heterocycles. The first-order chi connectivity index (χ1) is 13.0. The fourth-order valence-electron chi connectivity index (χ4n) is 3.89.